The summed E-state index contributed by atoms with van der Waals surface area (Å²) in [6.45, 7) is 3.04. The summed E-state index contributed by atoms with van der Waals surface area (Å²) in [6.07, 6.45) is 2.64. The van der Waals surface area contributed by atoms with E-state index < -0.39 is 0 Å². The van der Waals surface area contributed by atoms with Gasteiger partial charge >= 0.3 is 0 Å². The first-order valence-corrected chi connectivity index (χ1v) is 7.11. The second-order valence-corrected chi connectivity index (χ2v) is 5.43. The Balaban J connectivity index is 2.80. The van der Waals surface area contributed by atoms with Gasteiger partial charge in [-0.2, -0.15) is 5.10 Å². The summed E-state index contributed by atoms with van der Waals surface area (Å²) in [5.74, 6) is 0. The van der Waals surface area contributed by atoms with Gasteiger partial charge in [0.15, 0.2) is 0 Å². The van der Waals surface area contributed by atoms with Crippen molar-refractivity contribution in [1.29, 1.82) is 0 Å². The molecular weight excluding hydrogens is 278 g/mol. The number of anilines is 1. The van der Waals surface area contributed by atoms with Gasteiger partial charge in [-0.15, -0.1) is 0 Å². The lowest BCUT2D eigenvalue weighted by molar-refractivity contribution is 0.367. The first-order chi connectivity index (χ1) is 9.47. The molecule has 0 atom stereocenters. The minimum absolute atomic E-state index is 0.230. The Morgan fingerprint density at radius 2 is 2.05 bits per heavy atom. The van der Waals surface area contributed by atoms with Crippen molar-refractivity contribution >= 4 is 17.3 Å². The van der Waals surface area contributed by atoms with Crippen LogP contribution in [0, 0.1) is 0 Å². The van der Waals surface area contributed by atoms with Crippen molar-refractivity contribution in [2.75, 3.05) is 52.7 Å². The minimum Gasteiger partial charge on any atom is -0.372 e. The lowest BCUT2D eigenvalue weighted by Crippen LogP contribution is -2.31. The van der Waals surface area contributed by atoms with Crippen LogP contribution in [0.15, 0.2) is 11.0 Å². The standard InChI is InChI=1S/C13H24ClN5O/c1-15-6-5-7-18(4)11-10-16-19(9-8-17(2)3)13(20)12(11)14/h10,15H,5-9H2,1-4H3. The third kappa shape index (κ3) is 4.77. The first-order valence-electron chi connectivity index (χ1n) is 6.73. The van der Waals surface area contributed by atoms with Crippen molar-refractivity contribution < 1.29 is 0 Å². The van der Waals surface area contributed by atoms with E-state index in [-0.39, 0.29) is 10.6 Å². The molecule has 0 aliphatic rings. The number of rotatable bonds is 8. The lowest BCUT2D eigenvalue weighted by Gasteiger charge is -2.20. The minimum atomic E-state index is -0.230. The predicted molar refractivity (Wildman–Crippen MR) is 83.9 cm³/mol. The fourth-order valence-electron chi connectivity index (χ4n) is 1.79. The average molecular weight is 302 g/mol. The molecule has 0 saturated carbocycles. The van der Waals surface area contributed by atoms with Gasteiger partial charge in [0.1, 0.15) is 5.02 Å². The summed E-state index contributed by atoms with van der Waals surface area (Å²) >= 11 is 6.18. The molecule has 6 nitrogen and oxygen atoms in total. The van der Waals surface area contributed by atoms with Gasteiger partial charge in [0.25, 0.3) is 5.56 Å². The number of halogens is 1. The van der Waals surface area contributed by atoms with Crippen molar-refractivity contribution in [1.82, 2.24) is 20.0 Å². The summed E-state index contributed by atoms with van der Waals surface area (Å²) in [6, 6.07) is 0. The molecule has 0 aliphatic carbocycles. The second kappa shape index (κ2) is 8.24. The number of nitrogens with zero attached hydrogens (tertiary/aromatic N) is 4. The molecule has 114 valence electrons. The highest BCUT2D eigenvalue weighted by molar-refractivity contribution is 6.33. The van der Waals surface area contributed by atoms with Crippen LogP contribution >= 0.6 is 11.6 Å². The first kappa shape index (κ1) is 16.9. The zero-order valence-electron chi connectivity index (χ0n) is 12.7. The summed E-state index contributed by atoms with van der Waals surface area (Å²) in [4.78, 5) is 16.1. The molecule has 0 saturated heterocycles. The van der Waals surface area contributed by atoms with Gasteiger partial charge in [-0.25, -0.2) is 4.68 Å². The maximum atomic E-state index is 12.1. The van der Waals surface area contributed by atoms with E-state index in [4.69, 9.17) is 11.6 Å². The monoisotopic (exact) mass is 301 g/mol. The van der Waals surface area contributed by atoms with Crippen molar-refractivity contribution in [2.24, 2.45) is 0 Å². The number of hydrogen-bond acceptors (Lipinski definition) is 5. The Morgan fingerprint density at radius 3 is 2.65 bits per heavy atom. The summed E-state index contributed by atoms with van der Waals surface area (Å²) in [7, 11) is 7.75. The van der Waals surface area contributed by atoms with Crippen LogP contribution < -0.4 is 15.8 Å². The van der Waals surface area contributed by atoms with Gasteiger partial charge in [-0.05, 0) is 34.1 Å². The fourth-order valence-corrected chi connectivity index (χ4v) is 2.08. The van der Waals surface area contributed by atoms with Crippen LogP contribution in [0.1, 0.15) is 6.42 Å². The molecule has 20 heavy (non-hydrogen) atoms. The van der Waals surface area contributed by atoms with Crippen molar-refractivity contribution in [3.05, 3.63) is 21.6 Å². The van der Waals surface area contributed by atoms with Crippen LogP contribution in [0.4, 0.5) is 5.69 Å². The van der Waals surface area contributed by atoms with Crippen molar-refractivity contribution in [3.8, 4) is 0 Å². The summed E-state index contributed by atoms with van der Waals surface area (Å²) < 4.78 is 1.41. The fraction of sp³-hybridized carbons (Fsp3) is 0.692. The Kier molecular flexibility index (Phi) is 6.98. The zero-order chi connectivity index (χ0) is 15.1. The molecule has 0 amide bonds. The van der Waals surface area contributed by atoms with E-state index >= 15 is 0 Å². The van der Waals surface area contributed by atoms with Gasteiger partial charge < -0.3 is 15.1 Å². The number of aromatic nitrogens is 2. The van der Waals surface area contributed by atoms with E-state index in [9.17, 15) is 4.79 Å². The van der Waals surface area contributed by atoms with Crippen molar-refractivity contribution in [3.63, 3.8) is 0 Å². The predicted octanol–water partition coefficient (Wildman–Crippen LogP) is 0.504. The molecule has 0 fully saturated rings. The van der Waals surface area contributed by atoms with Crippen LogP contribution in [-0.2, 0) is 6.54 Å². The molecule has 0 unspecified atom stereocenters. The van der Waals surface area contributed by atoms with Crippen molar-refractivity contribution in [2.45, 2.75) is 13.0 Å². The highest BCUT2D eigenvalue weighted by Gasteiger charge is 2.12. The SMILES string of the molecule is CNCCCN(C)c1cnn(CCN(C)C)c(=O)c1Cl. The molecular formula is C13H24ClN5O. The van der Waals surface area contributed by atoms with E-state index in [2.05, 4.69) is 10.4 Å². The van der Waals surface area contributed by atoms with Gasteiger partial charge in [0, 0.05) is 20.1 Å². The number of likely N-dealkylation sites (N-methyl/N-ethyl adjacent to an activating group) is 1. The molecule has 1 aromatic heterocycles. The maximum absolute atomic E-state index is 12.1. The molecule has 0 bridgehead atoms. The summed E-state index contributed by atoms with van der Waals surface area (Å²) in [5, 5.41) is 7.53. The second-order valence-electron chi connectivity index (χ2n) is 5.05. The highest BCUT2D eigenvalue weighted by Crippen LogP contribution is 2.19. The quantitative estimate of drug-likeness (QED) is 0.709. The van der Waals surface area contributed by atoms with Crippen LogP contribution in [0.3, 0.4) is 0 Å². The average Bonchev–Trinajstić information content (AvgIpc) is 2.40. The molecule has 0 aromatic carbocycles. The Labute approximate surface area is 125 Å². The molecule has 1 heterocycles. The van der Waals surface area contributed by atoms with E-state index in [1.807, 2.05) is 38.0 Å². The Bertz CT molecular complexity index is 474. The molecule has 1 rings (SSSR count). The normalized spacial score (nSPS) is 11.1. The smallest absolute Gasteiger partial charge is 0.287 e. The molecule has 0 spiro atoms. The van der Waals surface area contributed by atoms with Crippen LogP contribution in [0.25, 0.3) is 0 Å². The molecule has 1 N–H and O–H groups in total. The molecule has 0 aliphatic heterocycles. The van der Waals surface area contributed by atoms with E-state index in [0.717, 1.165) is 26.1 Å². The Hall–Kier alpha value is -1.11. The van der Waals surface area contributed by atoms with E-state index in [0.29, 0.717) is 12.2 Å². The van der Waals surface area contributed by atoms with Crippen LogP contribution in [-0.4, -0.2) is 62.5 Å². The van der Waals surface area contributed by atoms with E-state index in [1.54, 1.807) is 6.20 Å². The topological polar surface area (TPSA) is 53.4 Å². The van der Waals surface area contributed by atoms with Crippen LogP contribution in [0.5, 0.6) is 0 Å². The largest absolute Gasteiger partial charge is 0.372 e. The third-order valence-electron chi connectivity index (χ3n) is 3.06. The molecule has 1 aromatic rings. The van der Waals surface area contributed by atoms with Gasteiger partial charge in [-0.1, -0.05) is 11.6 Å². The van der Waals surface area contributed by atoms with E-state index in [1.165, 1.54) is 4.68 Å². The molecule has 0 radical (unpaired) electrons. The highest BCUT2D eigenvalue weighted by atomic mass is 35.5. The summed E-state index contributed by atoms with van der Waals surface area (Å²) in [5.41, 5.74) is 0.459. The number of nitrogens with one attached hydrogen (secondary N) is 1. The number of hydrogen-bond donors (Lipinski definition) is 1. The van der Waals surface area contributed by atoms with Gasteiger partial charge in [0.2, 0.25) is 0 Å². The lowest BCUT2D eigenvalue weighted by atomic mass is 10.3. The zero-order valence-corrected chi connectivity index (χ0v) is 13.4. The van der Waals surface area contributed by atoms with Crippen LogP contribution in [0.2, 0.25) is 5.02 Å². The molecule has 7 heteroatoms. The van der Waals surface area contributed by atoms with Gasteiger partial charge in [0.05, 0.1) is 18.4 Å². The van der Waals surface area contributed by atoms with Gasteiger partial charge in [-0.3, -0.25) is 4.79 Å². The Morgan fingerprint density at radius 1 is 1.35 bits per heavy atom. The maximum Gasteiger partial charge on any atom is 0.287 e. The third-order valence-corrected chi connectivity index (χ3v) is 3.41.